The maximum absolute atomic E-state index is 13.9. The second kappa shape index (κ2) is 8.59. The monoisotopic (exact) mass is 405 g/mol. The molecule has 0 unspecified atom stereocenters. The molecule has 1 aromatic carbocycles. The second-order valence-electron chi connectivity index (χ2n) is 7.16. The van der Waals surface area contributed by atoms with Crippen LogP contribution < -0.4 is 4.74 Å². The van der Waals surface area contributed by atoms with E-state index in [2.05, 4.69) is 0 Å². The zero-order valence-corrected chi connectivity index (χ0v) is 16.5. The Balaban J connectivity index is 1.68. The maximum Gasteiger partial charge on any atom is 0.334 e. The van der Waals surface area contributed by atoms with Crippen molar-refractivity contribution in [2.24, 2.45) is 0 Å². The summed E-state index contributed by atoms with van der Waals surface area (Å²) in [7, 11) is 1.36. The summed E-state index contributed by atoms with van der Waals surface area (Å²) in [5.74, 6) is -2.78. The molecule has 9 heteroatoms. The van der Waals surface area contributed by atoms with Gasteiger partial charge in [0.15, 0.2) is 11.6 Å². The van der Waals surface area contributed by atoms with Gasteiger partial charge in [-0.3, -0.25) is 19.3 Å². The van der Waals surface area contributed by atoms with Crippen molar-refractivity contribution in [3.63, 3.8) is 0 Å². The molecule has 0 radical (unpaired) electrons. The van der Waals surface area contributed by atoms with Crippen molar-refractivity contribution in [2.45, 2.75) is 45.2 Å². The van der Waals surface area contributed by atoms with Crippen LogP contribution in [0.2, 0.25) is 0 Å². The molecule has 1 aromatic rings. The quantitative estimate of drug-likeness (QED) is 0.511. The number of carbonyl (C=O) groups excluding carboxylic acids is 4. The Kier molecular flexibility index (Phi) is 6.14. The van der Waals surface area contributed by atoms with Gasteiger partial charge in [-0.1, -0.05) is 18.9 Å². The molecule has 2 aliphatic rings. The molecule has 29 heavy (non-hydrogen) atoms. The molecule has 2 fully saturated rings. The average molecular weight is 405 g/mol. The Bertz CT molecular complexity index is 837. The lowest BCUT2D eigenvalue weighted by Gasteiger charge is -2.24. The highest BCUT2D eigenvalue weighted by molar-refractivity contribution is 6.45. The molecular weight excluding hydrogens is 381 g/mol. The largest absolute Gasteiger partial charge is 0.494 e. The lowest BCUT2D eigenvalue weighted by atomic mass is 10.2. The number of hydrogen-bond donors (Lipinski definition) is 0. The van der Waals surface area contributed by atoms with E-state index in [4.69, 9.17) is 4.74 Å². The zero-order valence-electron chi connectivity index (χ0n) is 16.5. The molecule has 156 valence electrons. The van der Waals surface area contributed by atoms with E-state index in [0.717, 1.165) is 17.7 Å². The molecule has 5 amide bonds. The van der Waals surface area contributed by atoms with E-state index in [-0.39, 0.29) is 18.3 Å². The third-order valence-corrected chi connectivity index (χ3v) is 5.39. The van der Waals surface area contributed by atoms with Gasteiger partial charge in [-0.2, -0.15) is 0 Å². The molecule has 1 heterocycles. The molecule has 1 saturated heterocycles. The Labute approximate surface area is 168 Å². The molecule has 1 aliphatic carbocycles. The van der Waals surface area contributed by atoms with E-state index < -0.39 is 36.1 Å². The minimum Gasteiger partial charge on any atom is -0.494 e. The average Bonchev–Trinajstić information content (AvgIpc) is 3.29. The van der Waals surface area contributed by atoms with Crippen molar-refractivity contribution < 1.29 is 28.3 Å². The number of hydrogen-bond acceptors (Lipinski definition) is 5. The summed E-state index contributed by atoms with van der Waals surface area (Å²) in [6.07, 6.45) is 3.15. The number of likely N-dealkylation sites (N-methyl/N-ethyl adjacent to an activating group) is 1. The van der Waals surface area contributed by atoms with Gasteiger partial charge >= 0.3 is 17.8 Å². The maximum atomic E-state index is 13.9. The minimum atomic E-state index is -0.971. The molecule has 1 aliphatic heterocycles. The number of rotatable bonds is 7. The number of ether oxygens (including phenoxy) is 1. The summed E-state index contributed by atoms with van der Waals surface area (Å²) in [4.78, 5) is 52.9. The van der Waals surface area contributed by atoms with Crippen molar-refractivity contribution in [2.75, 3.05) is 20.2 Å². The summed E-state index contributed by atoms with van der Waals surface area (Å²) < 4.78 is 18.8. The smallest absolute Gasteiger partial charge is 0.334 e. The number of nitrogens with zero attached hydrogens (tertiary/aromatic N) is 3. The molecule has 0 aromatic heterocycles. The summed E-state index contributed by atoms with van der Waals surface area (Å²) in [6, 6.07) is 3.37. The fourth-order valence-electron chi connectivity index (χ4n) is 3.79. The number of halogens is 1. The van der Waals surface area contributed by atoms with Crippen LogP contribution in [0.5, 0.6) is 5.75 Å². The fraction of sp³-hybridized carbons (Fsp3) is 0.500. The van der Waals surface area contributed by atoms with E-state index in [1.165, 1.54) is 24.1 Å². The first-order valence-corrected chi connectivity index (χ1v) is 9.66. The predicted molar refractivity (Wildman–Crippen MR) is 100 cm³/mol. The third-order valence-electron chi connectivity index (χ3n) is 5.39. The number of amides is 5. The van der Waals surface area contributed by atoms with Crippen molar-refractivity contribution >= 4 is 23.8 Å². The van der Waals surface area contributed by atoms with Crippen LogP contribution in [0.1, 0.15) is 38.2 Å². The van der Waals surface area contributed by atoms with Gasteiger partial charge in [0.25, 0.3) is 0 Å². The zero-order chi connectivity index (χ0) is 21.1. The highest BCUT2D eigenvalue weighted by atomic mass is 19.1. The van der Waals surface area contributed by atoms with Crippen LogP contribution in [0, 0.1) is 5.82 Å². The third kappa shape index (κ3) is 4.08. The molecule has 0 spiro atoms. The number of benzene rings is 1. The van der Waals surface area contributed by atoms with Crippen LogP contribution in [0.15, 0.2) is 18.2 Å². The van der Waals surface area contributed by atoms with Gasteiger partial charge in [-0.25, -0.2) is 14.1 Å². The summed E-state index contributed by atoms with van der Waals surface area (Å²) in [5, 5.41) is 0. The van der Waals surface area contributed by atoms with Crippen molar-refractivity contribution in [3.05, 3.63) is 29.6 Å². The van der Waals surface area contributed by atoms with Gasteiger partial charge in [0.05, 0.1) is 7.11 Å². The number of methoxy groups -OCH3 is 1. The van der Waals surface area contributed by atoms with Gasteiger partial charge in [0.2, 0.25) is 5.91 Å². The fourth-order valence-corrected chi connectivity index (χ4v) is 3.79. The van der Waals surface area contributed by atoms with Crippen LogP contribution in [0.4, 0.5) is 9.18 Å². The molecule has 0 atom stereocenters. The minimum absolute atomic E-state index is 0.0990. The number of urea groups is 1. The van der Waals surface area contributed by atoms with Gasteiger partial charge < -0.3 is 9.64 Å². The van der Waals surface area contributed by atoms with Gasteiger partial charge in [-0.15, -0.1) is 0 Å². The Morgan fingerprint density at radius 2 is 1.90 bits per heavy atom. The van der Waals surface area contributed by atoms with Gasteiger partial charge in [0, 0.05) is 19.1 Å². The topological polar surface area (TPSA) is 87.2 Å². The Hall–Kier alpha value is -2.97. The lowest BCUT2D eigenvalue weighted by Crippen LogP contribution is -2.44. The molecule has 0 bridgehead atoms. The van der Waals surface area contributed by atoms with Crippen molar-refractivity contribution in [1.82, 2.24) is 14.7 Å². The number of imide groups is 2. The van der Waals surface area contributed by atoms with Crippen LogP contribution in [0.25, 0.3) is 0 Å². The molecule has 3 rings (SSSR count). The van der Waals surface area contributed by atoms with Crippen LogP contribution in [0.3, 0.4) is 0 Å². The first-order valence-electron chi connectivity index (χ1n) is 9.66. The number of carbonyl (C=O) groups is 4. The SMILES string of the molecule is CCN(Cc1ccc(OC)c(F)c1)C(=O)CN1C(=O)C(=O)N(C2CCCC2)C1=O. The summed E-state index contributed by atoms with van der Waals surface area (Å²) in [6.45, 7) is 1.62. The Morgan fingerprint density at radius 1 is 1.21 bits per heavy atom. The molecule has 8 nitrogen and oxygen atoms in total. The normalized spacial score (nSPS) is 17.4. The van der Waals surface area contributed by atoms with E-state index >= 15 is 0 Å². The van der Waals surface area contributed by atoms with Crippen molar-refractivity contribution in [3.8, 4) is 5.75 Å². The standard InChI is InChI=1S/C20H24FN3O5/c1-3-22(11-13-8-9-16(29-2)15(21)10-13)17(25)12-23-18(26)19(27)24(20(23)28)14-6-4-5-7-14/h8-10,14H,3-7,11-12H2,1-2H3. The molecular formula is C20H24FN3O5. The van der Waals surface area contributed by atoms with Crippen LogP contribution >= 0.6 is 0 Å². The van der Waals surface area contributed by atoms with E-state index in [0.29, 0.717) is 29.8 Å². The lowest BCUT2D eigenvalue weighted by molar-refractivity contribution is -0.145. The highest BCUT2D eigenvalue weighted by Gasteiger charge is 2.48. The van der Waals surface area contributed by atoms with Crippen molar-refractivity contribution in [1.29, 1.82) is 0 Å². The van der Waals surface area contributed by atoms with E-state index in [1.807, 2.05) is 0 Å². The van der Waals surface area contributed by atoms with Gasteiger partial charge in [0.1, 0.15) is 6.54 Å². The Morgan fingerprint density at radius 3 is 2.48 bits per heavy atom. The van der Waals surface area contributed by atoms with E-state index in [9.17, 15) is 23.6 Å². The summed E-state index contributed by atoms with van der Waals surface area (Å²) in [5.41, 5.74) is 0.543. The van der Waals surface area contributed by atoms with Crippen LogP contribution in [-0.2, 0) is 20.9 Å². The highest BCUT2D eigenvalue weighted by Crippen LogP contribution is 2.27. The second-order valence-corrected chi connectivity index (χ2v) is 7.16. The first-order chi connectivity index (χ1) is 13.9. The molecule has 0 N–H and O–H groups in total. The summed E-state index contributed by atoms with van der Waals surface area (Å²) >= 11 is 0. The van der Waals surface area contributed by atoms with Gasteiger partial charge in [-0.05, 0) is 37.5 Å². The first kappa shape index (κ1) is 20.8. The van der Waals surface area contributed by atoms with E-state index in [1.54, 1.807) is 13.0 Å². The predicted octanol–water partition coefficient (Wildman–Crippen LogP) is 1.92. The molecule has 1 saturated carbocycles. The van der Waals surface area contributed by atoms with Crippen LogP contribution in [-0.4, -0.2) is 64.7 Å².